The molecule has 0 spiro atoms. The second kappa shape index (κ2) is 7.69. The van der Waals surface area contributed by atoms with Crippen LogP contribution in [0.4, 0.5) is 13.6 Å². The average Bonchev–Trinajstić information content (AvgIpc) is 2.56. The molecule has 2 amide bonds. The lowest BCUT2D eigenvalue weighted by Gasteiger charge is -2.20. The van der Waals surface area contributed by atoms with E-state index in [4.69, 9.17) is 5.11 Å². The number of halogens is 2. The molecule has 8 heteroatoms. The van der Waals surface area contributed by atoms with Gasteiger partial charge in [-0.1, -0.05) is 12.1 Å². The fourth-order valence-electron chi connectivity index (χ4n) is 2.30. The van der Waals surface area contributed by atoms with Crippen molar-refractivity contribution in [1.29, 1.82) is 0 Å². The molecular formula is C17H17F2N3O3. The number of benzene rings is 1. The van der Waals surface area contributed by atoms with E-state index in [1.165, 1.54) is 43.4 Å². The molecule has 2 rings (SSSR count). The van der Waals surface area contributed by atoms with Gasteiger partial charge >= 0.3 is 6.09 Å². The lowest BCUT2D eigenvalue weighted by atomic mass is 10.0. The Morgan fingerprint density at radius 3 is 2.52 bits per heavy atom. The molecule has 2 N–H and O–H groups in total. The van der Waals surface area contributed by atoms with E-state index >= 15 is 0 Å². The van der Waals surface area contributed by atoms with Crippen molar-refractivity contribution in [1.82, 2.24) is 15.2 Å². The van der Waals surface area contributed by atoms with Gasteiger partial charge in [0.15, 0.2) is 11.6 Å². The van der Waals surface area contributed by atoms with Crippen LogP contribution in [0.15, 0.2) is 36.5 Å². The number of likely N-dealkylation sites (N-methyl/N-ethyl adjacent to an activating group) is 1. The number of pyridine rings is 1. The Labute approximate surface area is 143 Å². The van der Waals surface area contributed by atoms with Crippen LogP contribution in [0.2, 0.25) is 0 Å². The highest BCUT2D eigenvalue weighted by atomic mass is 19.2. The van der Waals surface area contributed by atoms with E-state index in [1.807, 2.05) is 0 Å². The quantitative estimate of drug-likeness (QED) is 0.868. The van der Waals surface area contributed by atoms with Crippen LogP contribution in [-0.4, -0.2) is 47.1 Å². The number of carbonyl (C=O) groups is 2. The summed E-state index contributed by atoms with van der Waals surface area (Å²) in [6.07, 6.45) is 0.174. The minimum Gasteiger partial charge on any atom is -0.465 e. The minimum absolute atomic E-state index is 0.0242. The van der Waals surface area contributed by atoms with Crippen molar-refractivity contribution in [2.45, 2.75) is 12.5 Å². The highest BCUT2D eigenvalue weighted by molar-refractivity contribution is 5.85. The van der Waals surface area contributed by atoms with Crippen LogP contribution in [-0.2, 0) is 11.2 Å². The van der Waals surface area contributed by atoms with Gasteiger partial charge in [0.2, 0.25) is 5.91 Å². The zero-order valence-corrected chi connectivity index (χ0v) is 13.7. The van der Waals surface area contributed by atoms with Crippen LogP contribution in [0, 0.1) is 11.6 Å². The number of aromatic nitrogens is 1. The molecule has 25 heavy (non-hydrogen) atoms. The SMILES string of the molecule is CN(C)C(=O)C(Cc1ccc(-c2cccc(F)c2F)nc1)NC(=O)O. The Morgan fingerprint density at radius 2 is 1.96 bits per heavy atom. The van der Waals surface area contributed by atoms with Gasteiger partial charge in [-0.25, -0.2) is 13.6 Å². The number of nitrogens with zero attached hydrogens (tertiary/aromatic N) is 2. The van der Waals surface area contributed by atoms with Crippen molar-refractivity contribution < 1.29 is 23.5 Å². The smallest absolute Gasteiger partial charge is 0.405 e. The first-order valence-electron chi connectivity index (χ1n) is 7.39. The van der Waals surface area contributed by atoms with E-state index in [0.717, 1.165) is 6.07 Å². The van der Waals surface area contributed by atoms with E-state index in [0.29, 0.717) is 5.56 Å². The Kier molecular flexibility index (Phi) is 5.63. The predicted octanol–water partition coefficient (Wildman–Crippen LogP) is 2.29. The summed E-state index contributed by atoms with van der Waals surface area (Å²) in [6, 6.07) is 5.92. The second-order valence-electron chi connectivity index (χ2n) is 5.59. The van der Waals surface area contributed by atoms with Crippen molar-refractivity contribution in [3.8, 4) is 11.3 Å². The van der Waals surface area contributed by atoms with Crippen LogP contribution in [0.5, 0.6) is 0 Å². The van der Waals surface area contributed by atoms with Gasteiger partial charge in [0.25, 0.3) is 0 Å². The van der Waals surface area contributed by atoms with Crippen LogP contribution in [0.25, 0.3) is 11.3 Å². The molecule has 0 aliphatic heterocycles. The molecule has 1 heterocycles. The Bertz CT molecular complexity index is 779. The topological polar surface area (TPSA) is 82.5 Å². The van der Waals surface area contributed by atoms with Gasteiger partial charge in [-0.05, 0) is 23.8 Å². The number of carbonyl (C=O) groups excluding carboxylic acids is 1. The highest BCUT2D eigenvalue weighted by Gasteiger charge is 2.22. The summed E-state index contributed by atoms with van der Waals surface area (Å²) >= 11 is 0. The van der Waals surface area contributed by atoms with E-state index in [1.54, 1.807) is 6.07 Å². The molecule has 2 aromatic rings. The van der Waals surface area contributed by atoms with Crippen molar-refractivity contribution in [3.63, 3.8) is 0 Å². The summed E-state index contributed by atoms with van der Waals surface area (Å²) in [5.41, 5.74) is 0.841. The number of carboxylic acid groups (broad SMARTS) is 1. The third-order valence-electron chi connectivity index (χ3n) is 3.53. The van der Waals surface area contributed by atoms with Crippen LogP contribution in [0.3, 0.4) is 0 Å². The maximum atomic E-state index is 13.8. The monoisotopic (exact) mass is 349 g/mol. The normalized spacial score (nSPS) is 11.7. The van der Waals surface area contributed by atoms with Crippen LogP contribution < -0.4 is 5.32 Å². The zero-order valence-electron chi connectivity index (χ0n) is 13.7. The first kappa shape index (κ1) is 18.3. The van der Waals surface area contributed by atoms with E-state index in [9.17, 15) is 18.4 Å². The Hall–Kier alpha value is -3.03. The fraction of sp³-hybridized carbons (Fsp3) is 0.235. The lowest BCUT2D eigenvalue weighted by molar-refractivity contribution is -0.130. The number of amides is 2. The molecule has 1 atom stereocenters. The number of nitrogens with one attached hydrogen (secondary N) is 1. The van der Waals surface area contributed by atoms with Crippen molar-refractivity contribution in [3.05, 3.63) is 53.7 Å². The second-order valence-corrected chi connectivity index (χ2v) is 5.59. The number of hydrogen-bond acceptors (Lipinski definition) is 3. The molecule has 132 valence electrons. The van der Waals surface area contributed by atoms with Crippen LogP contribution in [0.1, 0.15) is 5.56 Å². The number of hydrogen-bond donors (Lipinski definition) is 2. The largest absolute Gasteiger partial charge is 0.465 e. The van der Waals surface area contributed by atoms with Crippen molar-refractivity contribution in [2.75, 3.05) is 14.1 Å². The highest BCUT2D eigenvalue weighted by Crippen LogP contribution is 2.22. The maximum absolute atomic E-state index is 13.8. The first-order chi connectivity index (χ1) is 11.8. The van der Waals surface area contributed by atoms with Crippen molar-refractivity contribution >= 4 is 12.0 Å². The Balaban J connectivity index is 2.22. The van der Waals surface area contributed by atoms with Gasteiger partial charge < -0.3 is 15.3 Å². The summed E-state index contributed by atoms with van der Waals surface area (Å²) in [5, 5.41) is 11.0. The molecule has 6 nitrogen and oxygen atoms in total. The molecule has 0 saturated carbocycles. The van der Waals surface area contributed by atoms with Gasteiger partial charge in [-0.2, -0.15) is 0 Å². The fourth-order valence-corrected chi connectivity index (χ4v) is 2.30. The molecule has 1 unspecified atom stereocenters. The average molecular weight is 349 g/mol. The van der Waals surface area contributed by atoms with Gasteiger partial charge in [0.05, 0.1) is 5.69 Å². The minimum atomic E-state index is -1.31. The number of rotatable bonds is 5. The summed E-state index contributed by atoms with van der Waals surface area (Å²) in [5.74, 6) is -2.36. The van der Waals surface area contributed by atoms with Crippen LogP contribution >= 0.6 is 0 Å². The standard InChI is InChI=1S/C17H17F2N3O3/c1-22(2)16(23)14(21-17(24)25)8-10-6-7-13(20-9-10)11-4-3-5-12(18)15(11)19/h3-7,9,14,21H,8H2,1-2H3,(H,24,25). The summed E-state index contributed by atoms with van der Waals surface area (Å²) in [4.78, 5) is 28.3. The van der Waals surface area contributed by atoms with E-state index in [-0.39, 0.29) is 17.7 Å². The van der Waals surface area contributed by atoms with E-state index in [2.05, 4.69) is 10.3 Å². The van der Waals surface area contributed by atoms with Gasteiger partial charge in [-0.3, -0.25) is 9.78 Å². The molecule has 0 radical (unpaired) electrons. The molecule has 0 bridgehead atoms. The first-order valence-corrected chi connectivity index (χ1v) is 7.39. The maximum Gasteiger partial charge on any atom is 0.405 e. The van der Waals surface area contributed by atoms with Gasteiger partial charge in [-0.15, -0.1) is 0 Å². The molecule has 1 aromatic heterocycles. The molecule has 0 aliphatic rings. The zero-order chi connectivity index (χ0) is 18.6. The predicted molar refractivity (Wildman–Crippen MR) is 86.9 cm³/mol. The molecular weight excluding hydrogens is 332 g/mol. The third kappa shape index (κ3) is 4.50. The Morgan fingerprint density at radius 1 is 1.24 bits per heavy atom. The van der Waals surface area contributed by atoms with Gasteiger partial charge in [0, 0.05) is 32.3 Å². The summed E-state index contributed by atoms with van der Waals surface area (Å²) in [6.45, 7) is 0. The van der Waals surface area contributed by atoms with Gasteiger partial charge in [0.1, 0.15) is 6.04 Å². The summed E-state index contributed by atoms with van der Waals surface area (Å²) in [7, 11) is 3.04. The molecule has 0 aliphatic carbocycles. The summed E-state index contributed by atoms with van der Waals surface area (Å²) < 4.78 is 27.1. The molecule has 0 fully saturated rings. The molecule has 0 saturated heterocycles. The van der Waals surface area contributed by atoms with E-state index < -0.39 is 29.7 Å². The third-order valence-corrected chi connectivity index (χ3v) is 3.53. The lowest BCUT2D eigenvalue weighted by Crippen LogP contribution is -2.47. The van der Waals surface area contributed by atoms with Crippen molar-refractivity contribution in [2.24, 2.45) is 0 Å². The molecule has 1 aromatic carbocycles.